The maximum absolute atomic E-state index is 12.0. The van der Waals surface area contributed by atoms with E-state index in [1.54, 1.807) is 24.3 Å². The van der Waals surface area contributed by atoms with Crippen molar-refractivity contribution in [1.29, 1.82) is 0 Å². The maximum Gasteiger partial charge on any atom is 0.193 e. The molecule has 174 valence electrons. The molecule has 6 heteroatoms. The van der Waals surface area contributed by atoms with E-state index in [0.29, 0.717) is 37.6 Å². The van der Waals surface area contributed by atoms with Gasteiger partial charge in [-0.15, -0.1) is 0 Å². The Morgan fingerprint density at radius 2 is 0.969 bits per heavy atom. The van der Waals surface area contributed by atoms with Crippen LogP contribution in [0.25, 0.3) is 0 Å². The van der Waals surface area contributed by atoms with Crippen molar-refractivity contribution in [1.82, 2.24) is 0 Å². The van der Waals surface area contributed by atoms with Gasteiger partial charge in [0.05, 0.1) is 13.2 Å². The molecule has 0 spiro atoms. The first-order chi connectivity index (χ1) is 15.0. The number of rotatable bonds is 13. The monoisotopic (exact) mass is 442 g/mol. The van der Waals surface area contributed by atoms with Crippen LogP contribution in [0, 0.1) is 0 Å². The highest BCUT2D eigenvalue weighted by molar-refractivity contribution is 6.02. The summed E-state index contributed by atoms with van der Waals surface area (Å²) in [6.45, 7) is 8.08. The van der Waals surface area contributed by atoms with E-state index in [0.717, 1.165) is 24.0 Å². The van der Waals surface area contributed by atoms with E-state index in [1.165, 1.54) is 27.7 Å². The molecule has 0 unspecified atom stereocenters. The minimum atomic E-state index is -1.38. The molecule has 0 amide bonds. The lowest BCUT2D eigenvalue weighted by atomic mass is 9.96. The van der Waals surface area contributed by atoms with Crippen molar-refractivity contribution in [3.8, 4) is 0 Å². The molecule has 2 N–H and O–H groups in total. The number of benzene rings is 2. The summed E-state index contributed by atoms with van der Waals surface area (Å²) < 4.78 is 11.3. The fourth-order valence-electron chi connectivity index (χ4n) is 3.00. The third kappa shape index (κ3) is 8.28. The van der Waals surface area contributed by atoms with Gasteiger partial charge in [-0.2, -0.15) is 0 Å². The van der Waals surface area contributed by atoms with Gasteiger partial charge in [-0.25, -0.2) is 0 Å². The summed E-state index contributed by atoms with van der Waals surface area (Å²) in [7, 11) is 0. The van der Waals surface area contributed by atoms with Gasteiger partial charge in [0.1, 0.15) is 11.2 Å². The van der Waals surface area contributed by atoms with Gasteiger partial charge >= 0.3 is 0 Å². The van der Waals surface area contributed by atoms with Gasteiger partial charge in [-0.1, -0.05) is 48.5 Å². The van der Waals surface area contributed by atoms with E-state index in [-0.39, 0.29) is 11.6 Å². The predicted molar refractivity (Wildman–Crippen MR) is 123 cm³/mol. The quantitative estimate of drug-likeness (QED) is 0.358. The molecule has 0 aliphatic heterocycles. The third-order valence-electron chi connectivity index (χ3n) is 4.91. The lowest BCUT2D eigenvalue weighted by Gasteiger charge is -2.15. The number of Topliss-reactive ketones (excluding diaryl/α,β-unsaturated/α-hetero) is 2. The van der Waals surface area contributed by atoms with E-state index in [2.05, 4.69) is 0 Å². The minimum Gasteiger partial charge on any atom is -0.382 e. The van der Waals surface area contributed by atoms with Crippen LogP contribution < -0.4 is 0 Å². The molecule has 2 aromatic rings. The van der Waals surface area contributed by atoms with Gasteiger partial charge in [-0.05, 0) is 51.7 Å². The summed E-state index contributed by atoms with van der Waals surface area (Å²) in [5.41, 5.74) is 0.160. The van der Waals surface area contributed by atoms with Crippen molar-refractivity contribution in [3.63, 3.8) is 0 Å². The van der Waals surface area contributed by atoms with Gasteiger partial charge in [0.25, 0.3) is 0 Å². The molecule has 2 aromatic carbocycles. The number of carbonyl (C=O) groups excluding carboxylic acids is 2. The van der Waals surface area contributed by atoms with Crippen molar-refractivity contribution in [3.05, 3.63) is 70.8 Å². The normalized spacial score (nSPS) is 12.1. The topological polar surface area (TPSA) is 93.1 Å². The van der Waals surface area contributed by atoms with Crippen molar-refractivity contribution < 1.29 is 29.3 Å². The average molecular weight is 443 g/mol. The van der Waals surface area contributed by atoms with E-state index in [9.17, 15) is 19.8 Å². The molecule has 0 aliphatic rings. The fourth-order valence-corrected chi connectivity index (χ4v) is 3.00. The van der Waals surface area contributed by atoms with Gasteiger partial charge in [0.2, 0.25) is 0 Å². The summed E-state index contributed by atoms with van der Waals surface area (Å²) in [4.78, 5) is 24.0. The van der Waals surface area contributed by atoms with Crippen LogP contribution in [0.2, 0.25) is 0 Å². The minimum absolute atomic E-state index is 0.302. The zero-order valence-corrected chi connectivity index (χ0v) is 19.4. The molecule has 0 atom stereocenters. The third-order valence-corrected chi connectivity index (χ3v) is 4.91. The molecule has 6 nitrogen and oxygen atoms in total. The molecular weight excluding hydrogens is 408 g/mol. The van der Waals surface area contributed by atoms with Crippen LogP contribution in [0.1, 0.15) is 72.4 Å². The Balaban J connectivity index is 1.59. The summed E-state index contributed by atoms with van der Waals surface area (Å²) in [5.74, 6) is -0.605. The van der Waals surface area contributed by atoms with E-state index in [4.69, 9.17) is 9.47 Å². The Morgan fingerprint density at radius 3 is 1.25 bits per heavy atom. The molecule has 0 heterocycles. The van der Waals surface area contributed by atoms with Crippen molar-refractivity contribution >= 4 is 11.6 Å². The molecule has 0 saturated carbocycles. The standard InChI is InChI=1S/C26H34O6/c1-25(2,29)23(27)21-11-7-19(8-12-21)17-31-15-5-6-16-32-18-20-9-13-22(14-10-20)24(28)26(3,4)30/h7-14,29-30H,5-6,15-18H2,1-4H3. The second kappa shape index (κ2) is 11.5. The fraction of sp³-hybridized carbons (Fsp3) is 0.462. The summed E-state index contributed by atoms with van der Waals surface area (Å²) in [6.07, 6.45) is 1.74. The molecule has 32 heavy (non-hydrogen) atoms. The van der Waals surface area contributed by atoms with E-state index < -0.39 is 11.2 Å². The molecule has 2 rings (SSSR count). The average Bonchev–Trinajstić information content (AvgIpc) is 2.74. The van der Waals surface area contributed by atoms with Crippen molar-refractivity contribution in [2.24, 2.45) is 0 Å². The summed E-state index contributed by atoms with van der Waals surface area (Å²) in [6, 6.07) is 14.2. The lowest BCUT2D eigenvalue weighted by Crippen LogP contribution is -2.31. The Morgan fingerprint density at radius 1 is 0.656 bits per heavy atom. The Bertz CT molecular complexity index is 795. The second-order valence-electron chi connectivity index (χ2n) is 8.98. The number of carbonyl (C=O) groups is 2. The molecule has 0 aromatic heterocycles. The van der Waals surface area contributed by atoms with Crippen molar-refractivity contribution in [2.75, 3.05) is 13.2 Å². The Kier molecular flexibility index (Phi) is 9.28. The van der Waals surface area contributed by atoms with Crippen molar-refractivity contribution in [2.45, 2.75) is 65.0 Å². The van der Waals surface area contributed by atoms with Gasteiger partial charge in [0.15, 0.2) is 11.6 Å². The molecule has 0 fully saturated rings. The summed E-state index contributed by atoms with van der Waals surface area (Å²) in [5, 5.41) is 19.6. The number of hydrogen-bond donors (Lipinski definition) is 2. The first kappa shape index (κ1) is 25.9. The molecule has 0 bridgehead atoms. The van der Waals surface area contributed by atoms with Crippen LogP contribution in [0.5, 0.6) is 0 Å². The van der Waals surface area contributed by atoms with Gasteiger partial charge in [-0.3, -0.25) is 9.59 Å². The molecule has 0 radical (unpaired) electrons. The largest absolute Gasteiger partial charge is 0.382 e. The highest BCUT2D eigenvalue weighted by Gasteiger charge is 2.25. The number of aliphatic hydroxyl groups is 2. The van der Waals surface area contributed by atoms with Crippen LogP contribution in [-0.4, -0.2) is 46.2 Å². The Hall–Kier alpha value is -2.38. The lowest BCUT2D eigenvalue weighted by molar-refractivity contribution is 0.0487. The SMILES string of the molecule is CC(C)(O)C(=O)c1ccc(COCCCCOCc2ccc(C(=O)C(C)(C)O)cc2)cc1. The number of ketones is 2. The predicted octanol–water partition coefficient (Wildman–Crippen LogP) is 4.11. The molecule has 0 aliphatic carbocycles. The van der Waals surface area contributed by atoms with Crippen LogP contribution in [-0.2, 0) is 22.7 Å². The second-order valence-corrected chi connectivity index (χ2v) is 8.98. The van der Waals surface area contributed by atoms with E-state index in [1.807, 2.05) is 24.3 Å². The maximum atomic E-state index is 12.0. The van der Waals surface area contributed by atoms with Crippen LogP contribution in [0.15, 0.2) is 48.5 Å². The first-order valence-corrected chi connectivity index (χ1v) is 10.9. The van der Waals surface area contributed by atoms with Crippen LogP contribution in [0.3, 0.4) is 0 Å². The zero-order chi connectivity index (χ0) is 23.8. The van der Waals surface area contributed by atoms with Crippen LogP contribution in [0.4, 0.5) is 0 Å². The first-order valence-electron chi connectivity index (χ1n) is 10.9. The van der Waals surface area contributed by atoms with Crippen LogP contribution >= 0.6 is 0 Å². The highest BCUT2D eigenvalue weighted by Crippen LogP contribution is 2.15. The highest BCUT2D eigenvalue weighted by atomic mass is 16.5. The number of hydrogen-bond acceptors (Lipinski definition) is 6. The smallest absolute Gasteiger partial charge is 0.193 e. The molecular formula is C26H34O6. The van der Waals surface area contributed by atoms with Gasteiger partial charge < -0.3 is 19.7 Å². The Labute approximate surface area is 190 Å². The summed E-state index contributed by atoms with van der Waals surface area (Å²) >= 11 is 0. The number of ether oxygens (including phenoxy) is 2. The molecule has 0 saturated heterocycles. The van der Waals surface area contributed by atoms with Gasteiger partial charge in [0, 0.05) is 24.3 Å². The zero-order valence-electron chi connectivity index (χ0n) is 19.4. The number of unbranched alkanes of at least 4 members (excludes halogenated alkanes) is 1. The van der Waals surface area contributed by atoms with E-state index >= 15 is 0 Å².